The van der Waals surface area contributed by atoms with Crippen LogP contribution in [-0.4, -0.2) is 74.1 Å². The zero-order valence-electron chi connectivity index (χ0n) is 20.8. The molecule has 0 atom stereocenters. The molecule has 0 spiro atoms. The molecule has 0 aliphatic carbocycles. The monoisotopic (exact) mass is 575 g/mol. The van der Waals surface area contributed by atoms with Crippen LogP contribution in [0.15, 0.2) is 54.6 Å². The van der Waals surface area contributed by atoms with Gasteiger partial charge in [0.1, 0.15) is 9.90 Å². The second kappa shape index (κ2) is 11.6. The van der Waals surface area contributed by atoms with Crippen LogP contribution in [0.25, 0.3) is 10.4 Å². The highest BCUT2D eigenvalue weighted by Gasteiger charge is 2.29. The number of benzene rings is 2. The van der Waals surface area contributed by atoms with Crippen molar-refractivity contribution >= 4 is 44.6 Å². The van der Waals surface area contributed by atoms with E-state index in [1.54, 1.807) is 9.21 Å². The summed E-state index contributed by atoms with van der Waals surface area (Å²) in [6, 6.07) is 17.0. The number of carbonyl (C=O) groups is 1. The van der Waals surface area contributed by atoms with E-state index >= 15 is 0 Å². The van der Waals surface area contributed by atoms with Gasteiger partial charge in [-0.25, -0.2) is 12.7 Å². The van der Waals surface area contributed by atoms with Crippen LogP contribution in [0.2, 0.25) is 5.02 Å². The third-order valence-electron chi connectivity index (χ3n) is 6.85. The van der Waals surface area contributed by atoms with Gasteiger partial charge in [-0.15, -0.1) is 11.3 Å². The average molecular weight is 576 g/mol. The molecule has 11 heteroatoms. The van der Waals surface area contributed by atoms with Gasteiger partial charge in [0.2, 0.25) is 10.0 Å². The van der Waals surface area contributed by atoms with Crippen molar-refractivity contribution in [1.29, 1.82) is 0 Å². The first-order chi connectivity index (χ1) is 18.3. The Morgan fingerprint density at radius 3 is 2.47 bits per heavy atom. The van der Waals surface area contributed by atoms with Crippen molar-refractivity contribution in [2.24, 2.45) is 0 Å². The molecule has 2 N–H and O–H groups in total. The summed E-state index contributed by atoms with van der Waals surface area (Å²) in [5.74, 6) is -0.420. The van der Waals surface area contributed by atoms with E-state index < -0.39 is 10.0 Å². The fourth-order valence-corrected chi connectivity index (χ4v) is 7.77. The Labute approximate surface area is 231 Å². The molecule has 2 aromatic carbocycles. The Hall–Kier alpha value is -2.63. The maximum Gasteiger partial charge on any atom is 0.267 e. The lowest BCUT2D eigenvalue weighted by molar-refractivity contribution is 0.0304. The van der Waals surface area contributed by atoms with E-state index in [9.17, 15) is 18.3 Å². The van der Waals surface area contributed by atoms with Crippen LogP contribution in [0.1, 0.15) is 28.1 Å². The van der Waals surface area contributed by atoms with Gasteiger partial charge in [-0.3, -0.25) is 4.79 Å². The van der Waals surface area contributed by atoms with E-state index in [0.29, 0.717) is 57.1 Å². The summed E-state index contributed by atoms with van der Waals surface area (Å²) < 4.78 is 32.6. The van der Waals surface area contributed by atoms with Crippen LogP contribution in [0.3, 0.4) is 0 Å². The normalized spacial score (nSPS) is 17.4. The van der Waals surface area contributed by atoms with Crippen molar-refractivity contribution < 1.29 is 23.1 Å². The van der Waals surface area contributed by atoms with Crippen molar-refractivity contribution in [3.63, 3.8) is 0 Å². The molecule has 2 fully saturated rings. The molecule has 3 aromatic rings. The summed E-state index contributed by atoms with van der Waals surface area (Å²) >= 11 is 7.66. The molecule has 2 saturated heterocycles. The molecule has 3 heterocycles. The van der Waals surface area contributed by atoms with Crippen LogP contribution in [0, 0.1) is 0 Å². The molecule has 1 aromatic heterocycles. The van der Waals surface area contributed by atoms with Crippen molar-refractivity contribution in [2.45, 2.75) is 24.6 Å². The van der Waals surface area contributed by atoms with Crippen LogP contribution in [-0.2, 0) is 20.5 Å². The van der Waals surface area contributed by atoms with Gasteiger partial charge >= 0.3 is 0 Å². The Morgan fingerprint density at radius 2 is 1.76 bits per heavy atom. The van der Waals surface area contributed by atoms with Crippen molar-refractivity contribution in [3.8, 4) is 16.2 Å². The molecule has 8 nitrogen and oxygen atoms in total. The number of nitrogens with one attached hydrogen (secondary N) is 1. The number of rotatable bonds is 7. The topological polar surface area (TPSA) is 99.2 Å². The third-order valence-corrected chi connectivity index (χ3v) is 10.4. The van der Waals surface area contributed by atoms with E-state index in [-0.39, 0.29) is 33.4 Å². The number of aromatic hydroxyl groups is 1. The lowest BCUT2D eigenvalue weighted by Crippen LogP contribution is -2.42. The number of hydrogen-bond donors (Lipinski definition) is 2. The van der Waals surface area contributed by atoms with Crippen molar-refractivity contribution in [2.75, 3.05) is 44.7 Å². The fourth-order valence-electron chi connectivity index (χ4n) is 4.78. The zero-order valence-corrected chi connectivity index (χ0v) is 23.2. The Balaban J connectivity index is 1.23. The fraction of sp³-hybridized carbons (Fsp3) is 0.370. The van der Waals surface area contributed by atoms with E-state index in [2.05, 4.69) is 5.32 Å². The van der Waals surface area contributed by atoms with Crippen LogP contribution in [0.4, 0.5) is 5.69 Å². The first-order valence-electron chi connectivity index (χ1n) is 12.6. The molecule has 1 amide bonds. The molecule has 2 aliphatic rings. The highest BCUT2D eigenvalue weighted by Crippen LogP contribution is 2.45. The Bertz CT molecular complexity index is 1380. The number of sulfonamides is 1. The molecular weight excluding hydrogens is 546 g/mol. The van der Waals surface area contributed by atoms with Gasteiger partial charge in [-0.2, -0.15) is 0 Å². The maximum absolute atomic E-state index is 12.9. The summed E-state index contributed by atoms with van der Waals surface area (Å²) in [7, 11) is -3.37. The maximum atomic E-state index is 12.9. The minimum absolute atomic E-state index is 0.0123. The summed E-state index contributed by atoms with van der Waals surface area (Å²) in [6.45, 7) is 2.84. The lowest BCUT2D eigenvalue weighted by Gasteiger charge is -2.32. The van der Waals surface area contributed by atoms with Crippen LogP contribution in [0.5, 0.6) is 5.75 Å². The Morgan fingerprint density at radius 1 is 1.05 bits per heavy atom. The SMILES string of the molecule is O=C(c1sc(-c2cccc(NC3CCN(S(=O)(=O)Cc4ccccc4)CC3)c2)c(Cl)c1O)N1CCOCC1. The van der Waals surface area contributed by atoms with E-state index in [1.807, 2.05) is 54.6 Å². The number of halogens is 1. The minimum Gasteiger partial charge on any atom is -0.505 e. The molecule has 0 bridgehead atoms. The molecule has 202 valence electrons. The van der Waals surface area contributed by atoms with Crippen molar-refractivity contribution in [1.82, 2.24) is 9.21 Å². The quantitative estimate of drug-likeness (QED) is 0.425. The van der Waals surface area contributed by atoms with Gasteiger partial charge in [-0.05, 0) is 36.1 Å². The average Bonchev–Trinajstić information content (AvgIpc) is 3.23. The lowest BCUT2D eigenvalue weighted by atomic mass is 10.1. The number of amides is 1. The predicted molar refractivity (Wildman–Crippen MR) is 150 cm³/mol. The standard InChI is InChI=1S/C27H30ClN3O5S2/c28-23-24(32)26(27(33)30-13-15-36-16-14-30)37-25(23)20-7-4-8-22(17-20)29-21-9-11-31(12-10-21)38(34,35)18-19-5-2-1-3-6-19/h1-8,17,21,29,32H,9-16,18H2. The number of ether oxygens (including phenoxy) is 1. The molecule has 5 rings (SSSR count). The predicted octanol–water partition coefficient (Wildman–Crippen LogP) is 4.65. The minimum atomic E-state index is -3.37. The number of piperidine rings is 1. The Kier molecular flexibility index (Phi) is 8.25. The summed E-state index contributed by atoms with van der Waals surface area (Å²) in [5, 5.41) is 14.3. The smallest absolute Gasteiger partial charge is 0.267 e. The van der Waals surface area contributed by atoms with E-state index in [4.69, 9.17) is 16.3 Å². The van der Waals surface area contributed by atoms with Gasteiger partial charge in [-0.1, -0.05) is 54.1 Å². The summed E-state index contributed by atoms with van der Waals surface area (Å²) in [4.78, 5) is 15.5. The number of carbonyl (C=O) groups excluding carboxylic acids is 1. The highest BCUT2D eigenvalue weighted by molar-refractivity contribution is 7.88. The van der Waals surface area contributed by atoms with Gasteiger partial charge < -0.3 is 20.1 Å². The van der Waals surface area contributed by atoms with Gasteiger partial charge in [0.25, 0.3) is 5.91 Å². The first-order valence-corrected chi connectivity index (χ1v) is 15.4. The second-order valence-corrected chi connectivity index (χ2v) is 12.8. The van der Waals surface area contributed by atoms with Gasteiger partial charge in [0, 0.05) is 37.9 Å². The number of nitrogens with zero attached hydrogens (tertiary/aromatic N) is 2. The van der Waals surface area contributed by atoms with E-state index in [0.717, 1.165) is 16.8 Å². The summed E-state index contributed by atoms with van der Waals surface area (Å²) in [6.07, 6.45) is 1.38. The number of morpholine rings is 1. The largest absolute Gasteiger partial charge is 0.505 e. The molecule has 0 radical (unpaired) electrons. The zero-order chi connectivity index (χ0) is 26.7. The second-order valence-electron chi connectivity index (χ2n) is 9.47. The van der Waals surface area contributed by atoms with Crippen LogP contribution < -0.4 is 5.32 Å². The van der Waals surface area contributed by atoms with Gasteiger partial charge in [0.05, 0.1) is 23.8 Å². The molecule has 38 heavy (non-hydrogen) atoms. The van der Waals surface area contributed by atoms with Crippen molar-refractivity contribution in [3.05, 3.63) is 70.1 Å². The highest BCUT2D eigenvalue weighted by atomic mass is 35.5. The molecule has 2 aliphatic heterocycles. The first kappa shape index (κ1) is 27.0. The van der Waals surface area contributed by atoms with E-state index in [1.165, 1.54) is 11.3 Å². The number of thiophene rings is 1. The van der Waals surface area contributed by atoms with Crippen LogP contribution >= 0.6 is 22.9 Å². The number of anilines is 1. The molecular formula is C27H30ClN3O5S2. The van der Waals surface area contributed by atoms with Gasteiger partial charge in [0.15, 0.2) is 5.75 Å². The number of hydrogen-bond acceptors (Lipinski definition) is 7. The third kappa shape index (κ3) is 6.00. The molecule has 0 saturated carbocycles. The molecule has 0 unspecified atom stereocenters. The summed E-state index contributed by atoms with van der Waals surface area (Å²) in [5.41, 5.74) is 2.46.